The molecule has 0 unspecified atom stereocenters. The normalized spacial score (nSPS) is 11.3. The van der Waals surface area contributed by atoms with Crippen LogP contribution >= 0.6 is 0 Å². The first-order valence-electron chi connectivity index (χ1n) is 6.78. The summed E-state index contributed by atoms with van der Waals surface area (Å²) in [6, 6.07) is 4.19. The molecule has 6 heteroatoms. The topological polar surface area (TPSA) is 83.2 Å². The Labute approximate surface area is 124 Å². The van der Waals surface area contributed by atoms with E-state index >= 15 is 0 Å². The maximum atomic E-state index is 9.07. The van der Waals surface area contributed by atoms with Crippen LogP contribution in [0.1, 0.15) is 32.4 Å². The van der Waals surface area contributed by atoms with Crippen molar-refractivity contribution in [1.29, 1.82) is 10.5 Å². The Kier molecular flexibility index (Phi) is 4.09. The van der Waals surface area contributed by atoms with Crippen LogP contribution in [0.25, 0.3) is 0 Å². The first-order chi connectivity index (χ1) is 9.95. The number of rotatable bonds is 4. The molecule has 0 amide bonds. The molecule has 0 N–H and O–H groups in total. The maximum Gasteiger partial charge on any atom is 0.212 e. The summed E-state index contributed by atoms with van der Waals surface area (Å²) in [7, 11) is 0. The molecule has 2 rings (SSSR count). The van der Waals surface area contributed by atoms with E-state index in [0.717, 1.165) is 0 Å². The van der Waals surface area contributed by atoms with E-state index in [1.54, 1.807) is 12.4 Å². The summed E-state index contributed by atoms with van der Waals surface area (Å²) in [5, 5.41) is 18.1. The highest BCUT2D eigenvalue weighted by atomic mass is 15.1. The van der Waals surface area contributed by atoms with Crippen LogP contribution in [0.3, 0.4) is 0 Å². The van der Waals surface area contributed by atoms with Crippen molar-refractivity contribution in [3.05, 3.63) is 36.4 Å². The van der Waals surface area contributed by atoms with Crippen LogP contribution in [-0.2, 0) is 13.1 Å². The molecule has 0 radical (unpaired) electrons. The summed E-state index contributed by atoms with van der Waals surface area (Å²) in [4.78, 5) is 8.06. The van der Waals surface area contributed by atoms with Gasteiger partial charge < -0.3 is 9.13 Å². The molecule has 21 heavy (non-hydrogen) atoms. The molecule has 2 aromatic heterocycles. The monoisotopic (exact) mass is 282 g/mol. The first-order valence-corrected chi connectivity index (χ1v) is 6.78. The highest BCUT2D eigenvalue weighted by molar-refractivity contribution is 5.12. The Morgan fingerprint density at radius 3 is 1.76 bits per heavy atom. The minimum atomic E-state index is 0.0218. The number of nitrogens with zero attached hydrogens (tertiary/aromatic N) is 6. The van der Waals surface area contributed by atoms with E-state index in [2.05, 4.69) is 42.9 Å². The van der Waals surface area contributed by atoms with Crippen molar-refractivity contribution in [2.24, 2.45) is 11.3 Å². The summed E-state index contributed by atoms with van der Waals surface area (Å²) in [6.07, 6.45) is 6.90. The molecule has 0 bridgehead atoms. The largest absolute Gasteiger partial charge is 0.322 e. The molecule has 0 aromatic carbocycles. The molecule has 0 spiro atoms. The molecule has 0 saturated carbocycles. The first kappa shape index (κ1) is 14.8. The van der Waals surface area contributed by atoms with Crippen molar-refractivity contribution >= 4 is 0 Å². The fourth-order valence-corrected chi connectivity index (χ4v) is 2.22. The van der Waals surface area contributed by atoms with Gasteiger partial charge in [0.25, 0.3) is 0 Å². The molecule has 0 aliphatic rings. The molecular weight excluding hydrogens is 264 g/mol. The summed E-state index contributed by atoms with van der Waals surface area (Å²) in [6.45, 7) is 7.82. The van der Waals surface area contributed by atoms with Crippen LogP contribution in [0.2, 0.25) is 0 Å². The van der Waals surface area contributed by atoms with Crippen LogP contribution in [0.5, 0.6) is 0 Å². The molecule has 6 nitrogen and oxygen atoms in total. The molecular formula is C15H18N6. The van der Waals surface area contributed by atoms with Crippen molar-refractivity contribution in [2.45, 2.75) is 33.9 Å². The zero-order valence-corrected chi connectivity index (χ0v) is 12.5. The third kappa shape index (κ3) is 3.29. The Hall–Kier alpha value is -2.60. The number of nitriles is 2. The third-order valence-electron chi connectivity index (χ3n) is 3.69. The van der Waals surface area contributed by atoms with Crippen molar-refractivity contribution in [2.75, 3.05) is 0 Å². The van der Waals surface area contributed by atoms with Gasteiger partial charge in [-0.1, -0.05) is 20.8 Å². The van der Waals surface area contributed by atoms with Crippen LogP contribution in [-0.4, -0.2) is 19.1 Å². The second-order valence-electron chi connectivity index (χ2n) is 6.09. The lowest BCUT2D eigenvalue weighted by Gasteiger charge is -2.31. The smallest absolute Gasteiger partial charge is 0.212 e. The Morgan fingerprint density at radius 1 is 1.00 bits per heavy atom. The van der Waals surface area contributed by atoms with Gasteiger partial charge in [-0.2, -0.15) is 10.5 Å². The van der Waals surface area contributed by atoms with Crippen LogP contribution in [0.4, 0.5) is 0 Å². The van der Waals surface area contributed by atoms with Crippen LogP contribution in [0.15, 0.2) is 24.8 Å². The molecule has 108 valence electrons. The average Bonchev–Trinajstić information content (AvgIpc) is 3.05. The number of hydrogen-bond donors (Lipinski definition) is 0. The van der Waals surface area contributed by atoms with Gasteiger partial charge in [-0.15, -0.1) is 0 Å². The predicted octanol–water partition coefficient (Wildman–Crippen LogP) is 2.19. The van der Waals surface area contributed by atoms with Gasteiger partial charge in [0.15, 0.2) is 0 Å². The second kappa shape index (κ2) is 5.80. The Bertz CT molecular complexity index is 635. The molecule has 2 aromatic rings. The zero-order chi connectivity index (χ0) is 15.5. The molecule has 0 aliphatic heterocycles. The van der Waals surface area contributed by atoms with E-state index in [1.807, 2.05) is 21.5 Å². The van der Waals surface area contributed by atoms with Crippen LogP contribution in [0, 0.1) is 34.0 Å². The van der Waals surface area contributed by atoms with Crippen molar-refractivity contribution < 1.29 is 0 Å². The van der Waals surface area contributed by atoms with E-state index in [9.17, 15) is 0 Å². The average molecular weight is 282 g/mol. The molecule has 0 fully saturated rings. The van der Waals surface area contributed by atoms with Crippen molar-refractivity contribution in [3.63, 3.8) is 0 Å². The summed E-state index contributed by atoms with van der Waals surface area (Å²) in [5.74, 6) is 1.06. The van der Waals surface area contributed by atoms with E-state index in [1.165, 1.54) is 0 Å². The lowest BCUT2D eigenvalue weighted by molar-refractivity contribution is 0.185. The molecule has 0 atom stereocenters. The summed E-state index contributed by atoms with van der Waals surface area (Å²) >= 11 is 0. The predicted molar refractivity (Wildman–Crippen MR) is 76.8 cm³/mol. The molecule has 2 heterocycles. The number of aromatic nitrogens is 4. The van der Waals surface area contributed by atoms with Gasteiger partial charge in [-0.05, 0) is 11.3 Å². The van der Waals surface area contributed by atoms with E-state index in [0.29, 0.717) is 24.7 Å². The summed E-state index contributed by atoms with van der Waals surface area (Å²) in [5.41, 5.74) is 0.0218. The Morgan fingerprint density at radius 2 is 1.43 bits per heavy atom. The van der Waals surface area contributed by atoms with Crippen molar-refractivity contribution in [1.82, 2.24) is 19.1 Å². The SMILES string of the molecule is CC(C)(C)C(Cn1ccnc1C#N)Cn1ccnc1C#N. The van der Waals surface area contributed by atoms with E-state index in [-0.39, 0.29) is 11.3 Å². The van der Waals surface area contributed by atoms with Gasteiger partial charge in [0.2, 0.25) is 11.6 Å². The van der Waals surface area contributed by atoms with Gasteiger partial charge in [0, 0.05) is 37.9 Å². The van der Waals surface area contributed by atoms with Crippen molar-refractivity contribution in [3.8, 4) is 12.1 Å². The van der Waals surface area contributed by atoms with E-state index < -0.39 is 0 Å². The maximum absolute atomic E-state index is 9.07. The Balaban J connectivity index is 2.25. The minimum absolute atomic E-state index is 0.0218. The standard InChI is InChI=1S/C15H18N6/c1-15(2,3)12(10-20-6-4-18-13(20)8-16)11-21-7-5-19-14(21)9-17/h4-7,12H,10-11H2,1-3H3. The number of imidazole rings is 2. The van der Waals surface area contributed by atoms with Gasteiger partial charge in [-0.25, -0.2) is 9.97 Å². The minimum Gasteiger partial charge on any atom is -0.322 e. The quantitative estimate of drug-likeness (QED) is 0.860. The van der Waals surface area contributed by atoms with Gasteiger partial charge >= 0.3 is 0 Å². The highest BCUT2D eigenvalue weighted by Crippen LogP contribution is 2.29. The summed E-state index contributed by atoms with van der Waals surface area (Å²) < 4.78 is 3.72. The fourth-order valence-electron chi connectivity index (χ4n) is 2.22. The number of hydrogen-bond acceptors (Lipinski definition) is 4. The third-order valence-corrected chi connectivity index (χ3v) is 3.69. The highest BCUT2D eigenvalue weighted by Gasteiger charge is 2.26. The molecule has 0 saturated heterocycles. The lowest BCUT2D eigenvalue weighted by Crippen LogP contribution is -2.30. The van der Waals surface area contributed by atoms with Gasteiger partial charge in [0.1, 0.15) is 12.1 Å². The zero-order valence-electron chi connectivity index (χ0n) is 12.5. The van der Waals surface area contributed by atoms with Gasteiger partial charge in [0.05, 0.1) is 0 Å². The van der Waals surface area contributed by atoms with E-state index in [4.69, 9.17) is 10.5 Å². The second-order valence-corrected chi connectivity index (χ2v) is 6.09. The molecule has 0 aliphatic carbocycles. The van der Waals surface area contributed by atoms with Crippen LogP contribution < -0.4 is 0 Å². The van der Waals surface area contributed by atoms with Gasteiger partial charge in [-0.3, -0.25) is 0 Å². The lowest BCUT2D eigenvalue weighted by atomic mass is 9.80. The fraction of sp³-hybridized carbons (Fsp3) is 0.467.